The number of nitriles is 1. The summed E-state index contributed by atoms with van der Waals surface area (Å²) in [5.74, 6) is 0.258. The van der Waals surface area contributed by atoms with Crippen LogP contribution in [0.4, 0.5) is 0 Å². The molecule has 84 valence electrons. The van der Waals surface area contributed by atoms with Crippen LogP contribution in [0.1, 0.15) is 32.1 Å². The third kappa shape index (κ3) is 2.01. The van der Waals surface area contributed by atoms with Gasteiger partial charge in [0.15, 0.2) is 0 Å². The normalized spacial score (nSPS) is 29.0. The van der Waals surface area contributed by atoms with Gasteiger partial charge in [0.2, 0.25) is 10.0 Å². The predicted octanol–water partition coefficient (Wildman–Crippen LogP) is 1.11. The summed E-state index contributed by atoms with van der Waals surface area (Å²) in [5.41, 5.74) is -0.371. The molecule has 2 fully saturated rings. The SMILES string of the molecule is N#CC1(CN2CCCCS2(=O)=O)CCC1. The summed E-state index contributed by atoms with van der Waals surface area (Å²) < 4.78 is 25.0. The molecule has 0 aromatic heterocycles. The minimum atomic E-state index is -3.06. The molecule has 1 heterocycles. The highest BCUT2D eigenvalue weighted by Crippen LogP contribution is 2.41. The van der Waals surface area contributed by atoms with Gasteiger partial charge in [-0.2, -0.15) is 5.26 Å². The maximum Gasteiger partial charge on any atom is 0.214 e. The van der Waals surface area contributed by atoms with Crippen molar-refractivity contribution >= 4 is 10.0 Å². The van der Waals surface area contributed by atoms with Crippen LogP contribution in [0.5, 0.6) is 0 Å². The summed E-state index contributed by atoms with van der Waals surface area (Å²) in [6.45, 7) is 1.03. The molecule has 0 radical (unpaired) electrons. The maximum absolute atomic E-state index is 11.7. The zero-order valence-corrected chi connectivity index (χ0v) is 9.59. The van der Waals surface area contributed by atoms with Crippen molar-refractivity contribution in [3.63, 3.8) is 0 Å². The number of sulfonamides is 1. The summed E-state index contributed by atoms with van der Waals surface area (Å²) in [5, 5.41) is 9.07. The zero-order chi connectivity index (χ0) is 10.9. The summed E-state index contributed by atoms with van der Waals surface area (Å²) in [6.07, 6.45) is 4.46. The van der Waals surface area contributed by atoms with Crippen LogP contribution in [0.15, 0.2) is 0 Å². The van der Waals surface area contributed by atoms with Gasteiger partial charge in [0.05, 0.1) is 17.2 Å². The van der Waals surface area contributed by atoms with Crippen molar-refractivity contribution in [2.75, 3.05) is 18.8 Å². The van der Waals surface area contributed by atoms with E-state index >= 15 is 0 Å². The van der Waals surface area contributed by atoms with Crippen molar-refractivity contribution in [1.82, 2.24) is 4.31 Å². The first-order chi connectivity index (χ1) is 7.08. The van der Waals surface area contributed by atoms with Crippen LogP contribution >= 0.6 is 0 Å². The molecule has 0 aromatic rings. The van der Waals surface area contributed by atoms with Gasteiger partial charge in [0.1, 0.15) is 0 Å². The molecule has 0 bridgehead atoms. The topological polar surface area (TPSA) is 61.2 Å². The molecule has 0 amide bonds. The molecule has 4 nitrogen and oxygen atoms in total. The Labute approximate surface area is 90.9 Å². The van der Waals surface area contributed by atoms with E-state index < -0.39 is 10.0 Å². The largest absolute Gasteiger partial charge is 0.214 e. The fourth-order valence-corrected chi connectivity index (χ4v) is 3.94. The standard InChI is InChI=1S/C10H16N2O2S/c11-8-10(4-3-5-10)9-12-6-1-2-7-15(12,13)14/h1-7,9H2. The van der Waals surface area contributed by atoms with Gasteiger partial charge in [-0.3, -0.25) is 0 Å². The molecule has 0 spiro atoms. The molecule has 0 aromatic carbocycles. The Morgan fingerprint density at radius 2 is 2.00 bits per heavy atom. The van der Waals surface area contributed by atoms with E-state index in [0.717, 1.165) is 32.1 Å². The van der Waals surface area contributed by atoms with Crippen molar-refractivity contribution in [2.24, 2.45) is 5.41 Å². The van der Waals surface area contributed by atoms with Crippen LogP contribution in [0.3, 0.4) is 0 Å². The molecule has 0 atom stereocenters. The first-order valence-corrected chi connectivity index (χ1v) is 7.08. The van der Waals surface area contributed by atoms with Crippen LogP contribution in [-0.2, 0) is 10.0 Å². The molecule has 1 saturated carbocycles. The lowest BCUT2D eigenvalue weighted by Gasteiger charge is -2.40. The third-order valence-electron chi connectivity index (χ3n) is 3.48. The monoisotopic (exact) mass is 228 g/mol. The molecule has 1 aliphatic carbocycles. The summed E-state index contributed by atoms with van der Waals surface area (Å²) in [6, 6.07) is 2.29. The molecule has 1 saturated heterocycles. The van der Waals surface area contributed by atoms with Crippen LogP contribution in [0.2, 0.25) is 0 Å². The second-order valence-electron chi connectivity index (χ2n) is 4.60. The Hall–Kier alpha value is -0.600. The predicted molar refractivity (Wildman–Crippen MR) is 56.5 cm³/mol. The van der Waals surface area contributed by atoms with E-state index in [-0.39, 0.29) is 11.2 Å². The lowest BCUT2D eigenvalue weighted by atomic mass is 9.70. The second kappa shape index (κ2) is 3.76. The van der Waals surface area contributed by atoms with E-state index in [0.29, 0.717) is 13.1 Å². The van der Waals surface area contributed by atoms with Gasteiger partial charge in [-0.1, -0.05) is 6.42 Å². The average Bonchev–Trinajstić information content (AvgIpc) is 2.13. The van der Waals surface area contributed by atoms with Gasteiger partial charge in [0, 0.05) is 13.1 Å². The highest BCUT2D eigenvalue weighted by molar-refractivity contribution is 7.89. The van der Waals surface area contributed by atoms with E-state index in [4.69, 9.17) is 5.26 Å². The van der Waals surface area contributed by atoms with Gasteiger partial charge in [-0.25, -0.2) is 12.7 Å². The van der Waals surface area contributed by atoms with Crippen LogP contribution < -0.4 is 0 Å². The Kier molecular flexibility index (Phi) is 2.73. The Balaban J connectivity index is 2.08. The van der Waals surface area contributed by atoms with Gasteiger partial charge >= 0.3 is 0 Å². The molecule has 0 unspecified atom stereocenters. The molecule has 1 aliphatic heterocycles. The van der Waals surface area contributed by atoms with Crippen molar-refractivity contribution in [2.45, 2.75) is 32.1 Å². The minimum absolute atomic E-state index is 0.258. The molecule has 2 aliphatic rings. The molecular formula is C10H16N2O2S. The molecule has 2 rings (SSSR count). The molecule has 5 heteroatoms. The van der Waals surface area contributed by atoms with Crippen molar-refractivity contribution in [1.29, 1.82) is 5.26 Å². The number of hydrogen-bond donors (Lipinski definition) is 0. The van der Waals surface area contributed by atoms with E-state index in [1.807, 2.05) is 0 Å². The summed E-state index contributed by atoms with van der Waals surface area (Å²) in [4.78, 5) is 0. The molecule has 15 heavy (non-hydrogen) atoms. The van der Waals surface area contributed by atoms with E-state index in [1.54, 1.807) is 0 Å². The number of nitrogens with zero attached hydrogens (tertiary/aromatic N) is 2. The third-order valence-corrected chi connectivity index (χ3v) is 5.38. The van der Waals surface area contributed by atoms with Crippen LogP contribution in [0, 0.1) is 16.7 Å². The maximum atomic E-state index is 11.7. The molecule has 0 N–H and O–H groups in total. The minimum Gasteiger partial charge on any atom is -0.212 e. The zero-order valence-electron chi connectivity index (χ0n) is 8.78. The quantitative estimate of drug-likeness (QED) is 0.711. The van der Waals surface area contributed by atoms with E-state index in [9.17, 15) is 8.42 Å². The lowest BCUT2D eigenvalue weighted by Crippen LogP contribution is -2.47. The highest BCUT2D eigenvalue weighted by Gasteiger charge is 2.41. The summed E-state index contributed by atoms with van der Waals surface area (Å²) >= 11 is 0. The highest BCUT2D eigenvalue weighted by atomic mass is 32.2. The van der Waals surface area contributed by atoms with Crippen molar-refractivity contribution in [3.8, 4) is 6.07 Å². The smallest absolute Gasteiger partial charge is 0.212 e. The van der Waals surface area contributed by atoms with Gasteiger partial charge < -0.3 is 0 Å². The fraction of sp³-hybridized carbons (Fsp3) is 0.900. The Morgan fingerprint density at radius 1 is 1.27 bits per heavy atom. The number of hydrogen-bond acceptors (Lipinski definition) is 3. The molecular weight excluding hydrogens is 212 g/mol. The Bertz CT molecular complexity index is 379. The van der Waals surface area contributed by atoms with E-state index in [2.05, 4.69) is 6.07 Å². The van der Waals surface area contributed by atoms with E-state index in [1.165, 1.54) is 4.31 Å². The summed E-state index contributed by atoms with van der Waals surface area (Å²) in [7, 11) is -3.06. The van der Waals surface area contributed by atoms with Crippen LogP contribution in [0.25, 0.3) is 0 Å². The number of rotatable bonds is 2. The average molecular weight is 228 g/mol. The van der Waals surface area contributed by atoms with Crippen LogP contribution in [-0.4, -0.2) is 31.6 Å². The second-order valence-corrected chi connectivity index (χ2v) is 6.69. The first kappa shape index (κ1) is 10.9. The Morgan fingerprint density at radius 3 is 2.47 bits per heavy atom. The lowest BCUT2D eigenvalue weighted by molar-refractivity contribution is 0.163. The van der Waals surface area contributed by atoms with Crippen molar-refractivity contribution in [3.05, 3.63) is 0 Å². The first-order valence-electron chi connectivity index (χ1n) is 5.47. The van der Waals surface area contributed by atoms with Crippen molar-refractivity contribution < 1.29 is 8.42 Å². The fourth-order valence-electron chi connectivity index (χ4n) is 2.26. The van der Waals surface area contributed by atoms with Gasteiger partial charge in [0.25, 0.3) is 0 Å². The van der Waals surface area contributed by atoms with Gasteiger partial charge in [-0.15, -0.1) is 0 Å². The van der Waals surface area contributed by atoms with Gasteiger partial charge in [-0.05, 0) is 25.7 Å².